The van der Waals surface area contributed by atoms with Crippen LogP contribution in [0.5, 0.6) is 5.75 Å². The third-order valence-electron chi connectivity index (χ3n) is 6.78. The van der Waals surface area contributed by atoms with Crippen molar-refractivity contribution in [3.63, 3.8) is 0 Å². The van der Waals surface area contributed by atoms with Gasteiger partial charge in [-0.25, -0.2) is 0 Å². The maximum absolute atomic E-state index is 13.2. The minimum Gasteiger partial charge on any atom is -0.497 e. The van der Waals surface area contributed by atoms with E-state index in [-0.39, 0.29) is 11.3 Å². The van der Waals surface area contributed by atoms with E-state index in [9.17, 15) is 4.79 Å². The molecule has 2 aliphatic rings. The number of aryl methyl sites for hydroxylation is 1. The van der Waals surface area contributed by atoms with Gasteiger partial charge in [-0.05, 0) is 56.8 Å². The number of likely N-dealkylation sites (tertiary alicyclic amines) is 2. The van der Waals surface area contributed by atoms with Gasteiger partial charge in [-0.1, -0.05) is 19.1 Å². The summed E-state index contributed by atoms with van der Waals surface area (Å²) in [6, 6.07) is 8.35. The van der Waals surface area contributed by atoms with Gasteiger partial charge >= 0.3 is 0 Å². The predicted molar refractivity (Wildman–Crippen MR) is 118 cm³/mol. The molecule has 2 aromatic rings. The van der Waals surface area contributed by atoms with Crippen molar-refractivity contribution in [1.29, 1.82) is 0 Å². The van der Waals surface area contributed by atoms with E-state index < -0.39 is 0 Å². The topological polar surface area (TPSA) is 50.6 Å². The van der Waals surface area contributed by atoms with Crippen LogP contribution in [0.15, 0.2) is 30.5 Å². The molecule has 1 atom stereocenters. The number of rotatable bonds is 6. The van der Waals surface area contributed by atoms with Crippen LogP contribution in [0.2, 0.25) is 0 Å². The van der Waals surface area contributed by atoms with Crippen molar-refractivity contribution in [2.75, 3.05) is 33.3 Å². The second-order valence-corrected chi connectivity index (χ2v) is 9.01. The summed E-state index contributed by atoms with van der Waals surface area (Å²) in [6.45, 7) is 9.84. The molecule has 6 nitrogen and oxygen atoms in total. The van der Waals surface area contributed by atoms with Crippen molar-refractivity contribution in [1.82, 2.24) is 19.6 Å². The zero-order valence-electron chi connectivity index (χ0n) is 18.6. The number of hydrogen-bond donors (Lipinski definition) is 0. The average Bonchev–Trinajstić information content (AvgIpc) is 3.32. The Kier molecular flexibility index (Phi) is 6.14. The largest absolute Gasteiger partial charge is 0.497 e. The zero-order chi connectivity index (χ0) is 21.1. The van der Waals surface area contributed by atoms with Crippen LogP contribution in [0.1, 0.15) is 54.2 Å². The van der Waals surface area contributed by atoms with Gasteiger partial charge in [0.25, 0.3) is 5.91 Å². The fraction of sp³-hybridized carbons (Fsp3) is 0.583. The zero-order valence-corrected chi connectivity index (χ0v) is 18.6. The first kappa shape index (κ1) is 20.9. The summed E-state index contributed by atoms with van der Waals surface area (Å²) in [5, 5.41) is 4.43. The fourth-order valence-corrected chi connectivity index (χ4v) is 5.18. The number of hydrogen-bond acceptors (Lipinski definition) is 4. The number of carbonyl (C=O) groups is 1. The second-order valence-electron chi connectivity index (χ2n) is 9.01. The number of ether oxygens (including phenoxy) is 1. The molecule has 0 saturated carbocycles. The summed E-state index contributed by atoms with van der Waals surface area (Å²) in [7, 11) is 1.72. The van der Waals surface area contributed by atoms with Crippen LogP contribution in [-0.4, -0.2) is 58.8 Å². The van der Waals surface area contributed by atoms with Gasteiger partial charge in [0, 0.05) is 43.8 Å². The predicted octanol–water partition coefficient (Wildman–Crippen LogP) is 3.74. The molecular formula is C24H34N4O2. The quantitative estimate of drug-likeness (QED) is 0.728. The van der Waals surface area contributed by atoms with Crippen molar-refractivity contribution in [2.24, 2.45) is 5.41 Å². The molecule has 1 aromatic heterocycles. The third-order valence-corrected chi connectivity index (χ3v) is 6.78. The number of benzene rings is 1. The van der Waals surface area contributed by atoms with Crippen LogP contribution < -0.4 is 4.74 Å². The number of nitrogens with zero attached hydrogens (tertiary/aromatic N) is 4. The van der Waals surface area contributed by atoms with Gasteiger partial charge in [-0.3, -0.25) is 14.4 Å². The van der Waals surface area contributed by atoms with Crippen LogP contribution in [0.3, 0.4) is 0 Å². The molecular weight excluding hydrogens is 376 g/mol. The molecule has 0 N–H and O–H groups in total. The third kappa shape index (κ3) is 4.24. The van der Waals surface area contributed by atoms with Gasteiger partial charge in [0.05, 0.1) is 18.9 Å². The van der Waals surface area contributed by atoms with Crippen LogP contribution >= 0.6 is 0 Å². The number of methoxy groups -OCH3 is 1. The van der Waals surface area contributed by atoms with Gasteiger partial charge in [-0.15, -0.1) is 0 Å². The fourth-order valence-electron chi connectivity index (χ4n) is 5.18. The summed E-state index contributed by atoms with van der Waals surface area (Å²) in [4.78, 5) is 17.8. The van der Waals surface area contributed by atoms with Crippen LogP contribution in [0.4, 0.5) is 0 Å². The molecule has 4 rings (SSSR count). The van der Waals surface area contributed by atoms with E-state index in [2.05, 4.69) is 40.0 Å². The lowest BCUT2D eigenvalue weighted by atomic mass is 9.79. The normalized spacial score (nSPS) is 22.0. The van der Waals surface area contributed by atoms with E-state index in [1.807, 2.05) is 17.7 Å². The Balaban J connectivity index is 1.41. The van der Waals surface area contributed by atoms with Gasteiger partial charge in [0.1, 0.15) is 5.75 Å². The Bertz CT molecular complexity index is 893. The van der Waals surface area contributed by atoms with Gasteiger partial charge in [-0.2, -0.15) is 5.10 Å². The Morgan fingerprint density at radius 3 is 2.90 bits per heavy atom. The molecule has 0 bridgehead atoms. The van der Waals surface area contributed by atoms with E-state index in [1.165, 1.54) is 18.4 Å². The average molecular weight is 411 g/mol. The number of carbonyl (C=O) groups excluding carboxylic acids is 1. The Morgan fingerprint density at radius 1 is 1.23 bits per heavy atom. The number of piperidine rings is 1. The maximum Gasteiger partial charge on any atom is 0.257 e. The lowest BCUT2D eigenvalue weighted by Gasteiger charge is -2.40. The molecule has 2 fully saturated rings. The van der Waals surface area contributed by atoms with E-state index in [1.54, 1.807) is 13.3 Å². The lowest BCUT2D eigenvalue weighted by molar-refractivity contribution is 0.0674. The van der Waals surface area contributed by atoms with Crippen molar-refractivity contribution >= 4 is 5.91 Å². The summed E-state index contributed by atoms with van der Waals surface area (Å²) >= 11 is 0. The first-order chi connectivity index (χ1) is 14.5. The minimum atomic E-state index is 0.150. The Labute approximate surface area is 179 Å². The van der Waals surface area contributed by atoms with Gasteiger partial charge in [0.15, 0.2) is 0 Å². The molecule has 2 aliphatic heterocycles. The lowest BCUT2D eigenvalue weighted by Crippen LogP contribution is -2.45. The highest BCUT2D eigenvalue weighted by Gasteiger charge is 2.43. The van der Waals surface area contributed by atoms with Gasteiger partial charge in [0.2, 0.25) is 0 Å². The highest BCUT2D eigenvalue weighted by molar-refractivity contribution is 5.95. The van der Waals surface area contributed by atoms with Crippen LogP contribution in [0.25, 0.3) is 0 Å². The van der Waals surface area contributed by atoms with Crippen molar-refractivity contribution < 1.29 is 9.53 Å². The Hall–Kier alpha value is -2.34. The van der Waals surface area contributed by atoms with Crippen molar-refractivity contribution in [3.8, 4) is 5.75 Å². The van der Waals surface area contributed by atoms with Crippen molar-refractivity contribution in [3.05, 3.63) is 47.3 Å². The highest BCUT2D eigenvalue weighted by atomic mass is 16.5. The van der Waals surface area contributed by atoms with Crippen LogP contribution in [-0.2, 0) is 13.1 Å². The molecule has 162 valence electrons. The summed E-state index contributed by atoms with van der Waals surface area (Å²) < 4.78 is 7.33. The number of aromatic nitrogens is 2. The molecule has 2 saturated heterocycles. The van der Waals surface area contributed by atoms with Crippen LogP contribution in [0, 0.1) is 12.3 Å². The monoisotopic (exact) mass is 410 g/mol. The smallest absolute Gasteiger partial charge is 0.257 e. The Morgan fingerprint density at radius 2 is 2.10 bits per heavy atom. The van der Waals surface area contributed by atoms with E-state index >= 15 is 0 Å². The summed E-state index contributed by atoms with van der Waals surface area (Å²) in [6.07, 6.45) is 6.27. The molecule has 1 spiro atoms. The molecule has 30 heavy (non-hydrogen) atoms. The highest BCUT2D eigenvalue weighted by Crippen LogP contribution is 2.40. The maximum atomic E-state index is 13.2. The summed E-state index contributed by atoms with van der Waals surface area (Å²) in [5.41, 5.74) is 3.27. The molecule has 6 heteroatoms. The molecule has 0 aliphatic carbocycles. The first-order valence-corrected chi connectivity index (χ1v) is 11.2. The minimum absolute atomic E-state index is 0.150. The van der Waals surface area contributed by atoms with Gasteiger partial charge < -0.3 is 9.64 Å². The number of amides is 1. The summed E-state index contributed by atoms with van der Waals surface area (Å²) in [5.74, 6) is 1.06. The second kappa shape index (κ2) is 8.80. The molecule has 3 heterocycles. The molecule has 0 unspecified atom stereocenters. The van der Waals surface area contributed by atoms with E-state index in [4.69, 9.17) is 4.74 Å². The van der Waals surface area contributed by atoms with E-state index in [0.29, 0.717) is 0 Å². The molecule has 0 radical (unpaired) electrons. The van der Waals surface area contributed by atoms with E-state index in [0.717, 1.165) is 69.1 Å². The van der Waals surface area contributed by atoms with Crippen molar-refractivity contribution in [2.45, 2.75) is 52.6 Å². The SMILES string of the molecule is CCCn1ncc(C(=O)N2CC[C@]3(CCCN(Cc4cccc(OC)c4)C3)C2)c1C. The molecule has 1 aromatic carbocycles. The first-order valence-electron chi connectivity index (χ1n) is 11.2. The molecule has 1 amide bonds. The standard InChI is InChI=1S/C24H34N4O2/c1-4-11-28-19(2)22(15-25-28)23(29)27-13-10-24(18-27)9-6-12-26(17-24)16-20-7-5-8-21(14-20)30-3/h5,7-8,14-15H,4,6,9-13,16-18H2,1-3H3/t24-/m0/s1.